The largest absolute Gasteiger partial charge is 0.381 e. The van der Waals surface area contributed by atoms with Gasteiger partial charge in [-0.3, -0.25) is 0 Å². The summed E-state index contributed by atoms with van der Waals surface area (Å²) >= 11 is 11.4. The molecule has 5 heteroatoms. The Labute approximate surface area is 141 Å². The van der Waals surface area contributed by atoms with E-state index in [2.05, 4.69) is 10.6 Å². The number of rotatable bonds is 4. The van der Waals surface area contributed by atoms with Gasteiger partial charge in [0.2, 0.25) is 0 Å². The lowest BCUT2D eigenvalue weighted by Crippen LogP contribution is -2.30. The Morgan fingerprint density at radius 1 is 1.23 bits per heavy atom. The summed E-state index contributed by atoms with van der Waals surface area (Å²) in [6, 6.07) is 14.8. The Balaban J connectivity index is 2.44. The van der Waals surface area contributed by atoms with Crippen molar-refractivity contribution in [3.63, 3.8) is 0 Å². The van der Waals surface area contributed by atoms with Crippen molar-refractivity contribution in [3.8, 4) is 0 Å². The zero-order valence-corrected chi connectivity index (χ0v) is 14.1. The zero-order chi connectivity index (χ0) is 16.2. The van der Waals surface area contributed by atoms with E-state index >= 15 is 0 Å². The molecule has 1 unspecified atom stereocenters. The molecule has 0 saturated carbocycles. The molecule has 0 aliphatic carbocycles. The summed E-state index contributed by atoms with van der Waals surface area (Å²) in [4.78, 5) is 0. The third kappa shape index (κ3) is 3.77. The molecule has 0 bridgehead atoms. The average Bonchev–Trinajstić information content (AvgIpc) is 2.50. The predicted molar refractivity (Wildman–Crippen MR) is 96.5 cm³/mol. The number of benzene rings is 2. The summed E-state index contributed by atoms with van der Waals surface area (Å²) in [5, 5.41) is 18.3. The first-order valence-electron chi connectivity index (χ1n) is 7.08. The number of nitrogens with one attached hydrogen (secondary N) is 2. The molecule has 2 rings (SSSR count). The molecule has 0 radical (unpaired) electrons. The second-order valence-electron chi connectivity index (χ2n) is 5.11. The SMILES string of the molecule is CCNC(=S)Nc1ccc(Cl)cc1C(C)(O)c1ccccc1. The van der Waals surface area contributed by atoms with Crippen molar-refractivity contribution in [3.05, 3.63) is 64.7 Å². The highest BCUT2D eigenvalue weighted by molar-refractivity contribution is 7.80. The van der Waals surface area contributed by atoms with Crippen LogP contribution in [0.2, 0.25) is 5.02 Å². The fourth-order valence-corrected chi connectivity index (χ4v) is 2.70. The van der Waals surface area contributed by atoms with E-state index in [1.807, 2.05) is 43.3 Å². The van der Waals surface area contributed by atoms with Crippen molar-refractivity contribution in [1.29, 1.82) is 0 Å². The number of halogens is 1. The molecular weight excluding hydrogens is 316 g/mol. The molecule has 22 heavy (non-hydrogen) atoms. The molecule has 0 aliphatic rings. The molecule has 0 fully saturated rings. The normalized spacial score (nSPS) is 13.3. The van der Waals surface area contributed by atoms with Crippen LogP contribution in [0, 0.1) is 0 Å². The number of hydrogen-bond donors (Lipinski definition) is 3. The second-order valence-corrected chi connectivity index (χ2v) is 5.96. The highest BCUT2D eigenvalue weighted by Gasteiger charge is 2.28. The minimum atomic E-state index is -1.18. The van der Waals surface area contributed by atoms with Crippen LogP contribution < -0.4 is 10.6 Å². The third-order valence-electron chi connectivity index (χ3n) is 3.43. The van der Waals surface area contributed by atoms with E-state index < -0.39 is 5.60 Å². The molecule has 2 aromatic carbocycles. The first kappa shape index (κ1) is 16.7. The van der Waals surface area contributed by atoms with Crippen molar-refractivity contribution in [2.45, 2.75) is 19.4 Å². The Bertz CT molecular complexity index is 659. The van der Waals surface area contributed by atoms with Crippen LogP contribution in [0.4, 0.5) is 5.69 Å². The highest BCUT2D eigenvalue weighted by Crippen LogP contribution is 2.35. The van der Waals surface area contributed by atoms with Gasteiger partial charge in [0, 0.05) is 22.8 Å². The van der Waals surface area contributed by atoms with Gasteiger partial charge in [0.05, 0.1) is 0 Å². The molecule has 3 N–H and O–H groups in total. The molecular formula is C17H19ClN2OS. The first-order valence-corrected chi connectivity index (χ1v) is 7.86. The van der Waals surface area contributed by atoms with Crippen LogP contribution >= 0.6 is 23.8 Å². The van der Waals surface area contributed by atoms with Crippen molar-refractivity contribution in [2.24, 2.45) is 0 Å². The van der Waals surface area contributed by atoms with Crippen molar-refractivity contribution >= 4 is 34.6 Å². The van der Waals surface area contributed by atoms with E-state index in [4.69, 9.17) is 23.8 Å². The van der Waals surface area contributed by atoms with Gasteiger partial charge < -0.3 is 15.7 Å². The Morgan fingerprint density at radius 2 is 1.91 bits per heavy atom. The fourth-order valence-electron chi connectivity index (χ4n) is 2.27. The third-order valence-corrected chi connectivity index (χ3v) is 3.91. The summed E-state index contributed by atoms with van der Waals surface area (Å²) in [7, 11) is 0. The molecule has 0 saturated heterocycles. The molecule has 0 aromatic heterocycles. The van der Waals surface area contributed by atoms with Crippen LogP contribution in [0.5, 0.6) is 0 Å². The molecule has 0 aliphatic heterocycles. The standard InChI is InChI=1S/C17H19ClN2OS/c1-3-19-16(22)20-15-10-9-13(18)11-14(15)17(2,21)12-7-5-4-6-8-12/h4-11,21H,3H2,1-2H3,(H2,19,20,22). The summed E-state index contributed by atoms with van der Waals surface area (Å²) < 4.78 is 0. The van der Waals surface area contributed by atoms with Gasteiger partial charge in [-0.25, -0.2) is 0 Å². The summed E-state index contributed by atoms with van der Waals surface area (Å²) in [6.07, 6.45) is 0. The highest BCUT2D eigenvalue weighted by atomic mass is 35.5. The van der Waals surface area contributed by atoms with Gasteiger partial charge in [-0.1, -0.05) is 41.9 Å². The lowest BCUT2D eigenvalue weighted by atomic mass is 9.87. The van der Waals surface area contributed by atoms with E-state index in [1.54, 1.807) is 19.1 Å². The first-order chi connectivity index (χ1) is 10.4. The molecule has 0 heterocycles. The van der Waals surface area contributed by atoms with Gasteiger partial charge in [0.1, 0.15) is 5.60 Å². The molecule has 116 valence electrons. The van der Waals surface area contributed by atoms with Crippen LogP contribution in [0.25, 0.3) is 0 Å². The Hall–Kier alpha value is -1.62. The second kappa shape index (κ2) is 7.09. The monoisotopic (exact) mass is 334 g/mol. The lowest BCUT2D eigenvalue weighted by Gasteiger charge is -2.27. The number of thiocarbonyl (C=S) groups is 1. The summed E-state index contributed by atoms with van der Waals surface area (Å²) in [6.45, 7) is 4.44. The maximum absolute atomic E-state index is 11.0. The number of anilines is 1. The quantitative estimate of drug-likeness (QED) is 0.742. The topological polar surface area (TPSA) is 44.3 Å². The molecule has 2 aromatic rings. The molecule has 0 spiro atoms. The summed E-state index contributed by atoms with van der Waals surface area (Å²) in [5.74, 6) is 0. The number of aliphatic hydroxyl groups is 1. The molecule has 0 amide bonds. The van der Waals surface area contributed by atoms with Crippen LogP contribution in [0.1, 0.15) is 25.0 Å². The van der Waals surface area contributed by atoms with E-state index in [1.165, 1.54) is 0 Å². The number of hydrogen-bond acceptors (Lipinski definition) is 2. The van der Waals surface area contributed by atoms with Gasteiger partial charge in [-0.2, -0.15) is 0 Å². The van der Waals surface area contributed by atoms with Crippen LogP contribution in [-0.2, 0) is 5.60 Å². The maximum atomic E-state index is 11.0. The minimum Gasteiger partial charge on any atom is -0.381 e. The van der Waals surface area contributed by atoms with E-state index in [0.717, 1.165) is 17.8 Å². The predicted octanol–water partition coefficient (Wildman–Crippen LogP) is 3.90. The minimum absolute atomic E-state index is 0.509. The van der Waals surface area contributed by atoms with Gasteiger partial charge in [-0.15, -0.1) is 0 Å². The lowest BCUT2D eigenvalue weighted by molar-refractivity contribution is 0.103. The Kier molecular flexibility index (Phi) is 5.40. The van der Waals surface area contributed by atoms with Gasteiger partial charge in [-0.05, 0) is 49.8 Å². The molecule has 1 atom stereocenters. The van der Waals surface area contributed by atoms with Gasteiger partial charge in [0.15, 0.2) is 5.11 Å². The van der Waals surface area contributed by atoms with Crippen molar-refractivity contribution in [1.82, 2.24) is 5.32 Å². The fraction of sp³-hybridized carbons (Fsp3) is 0.235. The van der Waals surface area contributed by atoms with Gasteiger partial charge >= 0.3 is 0 Å². The smallest absolute Gasteiger partial charge is 0.170 e. The zero-order valence-electron chi connectivity index (χ0n) is 12.6. The van der Waals surface area contributed by atoms with Crippen LogP contribution in [0.15, 0.2) is 48.5 Å². The van der Waals surface area contributed by atoms with Crippen LogP contribution in [0.3, 0.4) is 0 Å². The maximum Gasteiger partial charge on any atom is 0.170 e. The van der Waals surface area contributed by atoms with E-state index in [0.29, 0.717) is 15.7 Å². The molecule has 3 nitrogen and oxygen atoms in total. The van der Waals surface area contributed by atoms with E-state index in [-0.39, 0.29) is 0 Å². The Morgan fingerprint density at radius 3 is 2.55 bits per heavy atom. The summed E-state index contributed by atoms with van der Waals surface area (Å²) in [5.41, 5.74) is 1.00. The van der Waals surface area contributed by atoms with E-state index in [9.17, 15) is 5.11 Å². The van der Waals surface area contributed by atoms with Crippen molar-refractivity contribution < 1.29 is 5.11 Å². The van der Waals surface area contributed by atoms with Gasteiger partial charge in [0.25, 0.3) is 0 Å². The average molecular weight is 335 g/mol. The van der Waals surface area contributed by atoms with Crippen molar-refractivity contribution in [2.75, 3.05) is 11.9 Å². The van der Waals surface area contributed by atoms with Crippen LogP contribution in [-0.4, -0.2) is 16.8 Å².